The van der Waals surface area contributed by atoms with Gasteiger partial charge in [-0.25, -0.2) is 0 Å². The Morgan fingerprint density at radius 3 is 2.79 bits per heavy atom. The van der Waals surface area contributed by atoms with Gasteiger partial charge in [-0.05, 0) is 44.6 Å². The van der Waals surface area contributed by atoms with Gasteiger partial charge in [0, 0.05) is 12.6 Å². The van der Waals surface area contributed by atoms with E-state index in [1.165, 1.54) is 51.6 Å². The van der Waals surface area contributed by atoms with Gasteiger partial charge in [0.2, 0.25) is 0 Å². The van der Waals surface area contributed by atoms with Crippen LogP contribution in [0.25, 0.3) is 0 Å². The van der Waals surface area contributed by atoms with Crippen LogP contribution in [-0.2, 0) is 0 Å². The molecule has 2 aliphatic rings. The van der Waals surface area contributed by atoms with E-state index >= 15 is 0 Å². The highest BCUT2D eigenvalue weighted by Gasteiger charge is 2.33. The number of fused-ring (bicyclic) bond motifs is 1. The van der Waals surface area contributed by atoms with E-state index in [1.54, 1.807) is 0 Å². The van der Waals surface area contributed by atoms with E-state index in [1.807, 2.05) is 0 Å². The van der Waals surface area contributed by atoms with Gasteiger partial charge in [0.15, 0.2) is 0 Å². The third kappa shape index (κ3) is 2.13. The minimum Gasteiger partial charge on any atom is -0.300 e. The lowest BCUT2D eigenvalue weighted by Gasteiger charge is -2.38. The molecule has 3 atom stereocenters. The number of nitrogens with zero attached hydrogens (tertiary/aromatic N) is 1. The molecule has 0 aromatic heterocycles. The van der Waals surface area contributed by atoms with Crippen molar-refractivity contribution >= 4 is 0 Å². The number of hydrogen-bond donors (Lipinski definition) is 0. The molecular weight excluding hydrogens is 170 g/mol. The Bertz CT molecular complexity index is 178. The summed E-state index contributed by atoms with van der Waals surface area (Å²) in [7, 11) is 0. The average molecular weight is 195 g/mol. The molecular formula is C13H25N. The molecule has 0 bridgehead atoms. The van der Waals surface area contributed by atoms with Gasteiger partial charge in [0.05, 0.1) is 0 Å². The molecule has 0 aromatic carbocycles. The fourth-order valence-corrected chi connectivity index (χ4v) is 3.46. The van der Waals surface area contributed by atoms with E-state index in [-0.39, 0.29) is 0 Å². The summed E-state index contributed by atoms with van der Waals surface area (Å²) in [5, 5.41) is 0. The Morgan fingerprint density at radius 1 is 1.21 bits per heavy atom. The molecule has 82 valence electrons. The van der Waals surface area contributed by atoms with Gasteiger partial charge in [0.1, 0.15) is 0 Å². The van der Waals surface area contributed by atoms with Crippen LogP contribution in [0.15, 0.2) is 0 Å². The van der Waals surface area contributed by atoms with E-state index in [4.69, 9.17) is 0 Å². The zero-order valence-electron chi connectivity index (χ0n) is 9.84. The number of piperidine rings is 1. The summed E-state index contributed by atoms with van der Waals surface area (Å²) in [4.78, 5) is 2.75. The lowest BCUT2D eigenvalue weighted by molar-refractivity contribution is 0.0983. The average Bonchev–Trinajstić information content (AvgIpc) is 2.64. The predicted molar refractivity (Wildman–Crippen MR) is 61.4 cm³/mol. The Kier molecular flexibility index (Phi) is 3.48. The van der Waals surface area contributed by atoms with Crippen molar-refractivity contribution in [1.82, 2.24) is 4.90 Å². The molecule has 1 saturated carbocycles. The maximum Gasteiger partial charge on any atom is 0.00669 e. The van der Waals surface area contributed by atoms with Crippen molar-refractivity contribution in [3.63, 3.8) is 0 Å². The fraction of sp³-hybridized carbons (Fsp3) is 1.00. The van der Waals surface area contributed by atoms with E-state index in [9.17, 15) is 0 Å². The Labute approximate surface area is 88.9 Å². The third-order valence-corrected chi connectivity index (χ3v) is 4.40. The van der Waals surface area contributed by atoms with Gasteiger partial charge in [-0.3, -0.25) is 0 Å². The first-order valence-corrected chi connectivity index (χ1v) is 6.55. The van der Waals surface area contributed by atoms with Crippen molar-refractivity contribution in [3.8, 4) is 0 Å². The van der Waals surface area contributed by atoms with Crippen molar-refractivity contribution in [2.45, 2.75) is 58.4 Å². The molecule has 2 rings (SSSR count). The fourth-order valence-electron chi connectivity index (χ4n) is 3.46. The number of likely N-dealkylation sites (tertiary alicyclic amines) is 1. The molecule has 14 heavy (non-hydrogen) atoms. The quantitative estimate of drug-likeness (QED) is 0.668. The normalized spacial score (nSPS) is 35.6. The van der Waals surface area contributed by atoms with Gasteiger partial charge >= 0.3 is 0 Å². The Morgan fingerprint density at radius 2 is 2.00 bits per heavy atom. The van der Waals surface area contributed by atoms with E-state index in [0.717, 1.165) is 17.9 Å². The van der Waals surface area contributed by atoms with Crippen molar-refractivity contribution in [1.29, 1.82) is 0 Å². The molecule has 0 amide bonds. The first-order chi connectivity index (χ1) is 6.81. The van der Waals surface area contributed by atoms with E-state index in [2.05, 4.69) is 18.7 Å². The van der Waals surface area contributed by atoms with Crippen LogP contribution in [0.5, 0.6) is 0 Å². The monoisotopic (exact) mass is 195 g/mol. The standard InChI is InChI=1S/C13H25N/c1-3-5-11(2)14-9-8-12-6-4-7-13(12)10-14/h11-13H,3-10H2,1-2H3. The van der Waals surface area contributed by atoms with Crippen molar-refractivity contribution in [3.05, 3.63) is 0 Å². The van der Waals surface area contributed by atoms with Gasteiger partial charge in [-0.15, -0.1) is 0 Å². The maximum absolute atomic E-state index is 2.75. The number of hydrogen-bond acceptors (Lipinski definition) is 1. The first-order valence-electron chi connectivity index (χ1n) is 6.55. The molecule has 3 unspecified atom stereocenters. The van der Waals surface area contributed by atoms with Gasteiger partial charge in [0.25, 0.3) is 0 Å². The van der Waals surface area contributed by atoms with Crippen LogP contribution < -0.4 is 0 Å². The Balaban J connectivity index is 1.84. The highest BCUT2D eigenvalue weighted by Crippen LogP contribution is 2.38. The van der Waals surface area contributed by atoms with Gasteiger partial charge in [-0.1, -0.05) is 26.2 Å². The highest BCUT2D eigenvalue weighted by molar-refractivity contribution is 4.86. The maximum atomic E-state index is 2.75. The zero-order chi connectivity index (χ0) is 9.97. The molecule has 2 fully saturated rings. The summed E-state index contributed by atoms with van der Waals surface area (Å²) in [5.74, 6) is 2.16. The van der Waals surface area contributed by atoms with Crippen molar-refractivity contribution in [2.75, 3.05) is 13.1 Å². The second-order valence-electron chi connectivity index (χ2n) is 5.37. The summed E-state index contributed by atoms with van der Waals surface area (Å²) in [6.45, 7) is 7.51. The molecule has 1 nitrogen and oxygen atoms in total. The number of rotatable bonds is 3. The van der Waals surface area contributed by atoms with Gasteiger partial charge < -0.3 is 4.90 Å². The molecule has 1 heterocycles. The molecule has 0 aromatic rings. The molecule has 1 saturated heterocycles. The van der Waals surface area contributed by atoms with Crippen LogP contribution in [0.4, 0.5) is 0 Å². The predicted octanol–water partition coefficient (Wildman–Crippen LogP) is 3.30. The summed E-state index contributed by atoms with van der Waals surface area (Å²) in [6.07, 6.45) is 8.76. The Hall–Kier alpha value is -0.0400. The summed E-state index contributed by atoms with van der Waals surface area (Å²) in [6, 6.07) is 0.835. The minimum atomic E-state index is 0.835. The van der Waals surface area contributed by atoms with Crippen LogP contribution >= 0.6 is 0 Å². The summed E-state index contributed by atoms with van der Waals surface area (Å²) < 4.78 is 0. The molecule has 1 aliphatic heterocycles. The van der Waals surface area contributed by atoms with Crippen LogP contribution in [0.3, 0.4) is 0 Å². The van der Waals surface area contributed by atoms with E-state index in [0.29, 0.717) is 0 Å². The lowest BCUT2D eigenvalue weighted by atomic mass is 9.88. The van der Waals surface area contributed by atoms with Crippen LogP contribution in [0.1, 0.15) is 52.4 Å². The molecule has 1 heteroatoms. The molecule has 1 aliphatic carbocycles. The molecule has 0 radical (unpaired) electrons. The topological polar surface area (TPSA) is 3.24 Å². The SMILES string of the molecule is CCCC(C)N1CCC2CCCC2C1. The molecule has 0 N–H and O–H groups in total. The smallest absolute Gasteiger partial charge is 0.00669 e. The second kappa shape index (κ2) is 4.65. The van der Waals surface area contributed by atoms with Crippen molar-refractivity contribution in [2.24, 2.45) is 11.8 Å². The van der Waals surface area contributed by atoms with Crippen LogP contribution in [0, 0.1) is 11.8 Å². The summed E-state index contributed by atoms with van der Waals surface area (Å²) in [5.41, 5.74) is 0. The van der Waals surface area contributed by atoms with E-state index < -0.39 is 0 Å². The van der Waals surface area contributed by atoms with Crippen LogP contribution in [0.2, 0.25) is 0 Å². The summed E-state index contributed by atoms with van der Waals surface area (Å²) >= 11 is 0. The first kappa shape index (κ1) is 10.5. The van der Waals surface area contributed by atoms with Gasteiger partial charge in [-0.2, -0.15) is 0 Å². The highest BCUT2D eigenvalue weighted by atomic mass is 15.2. The zero-order valence-corrected chi connectivity index (χ0v) is 9.84. The third-order valence-electron chi connectivity index (χ3n) is 4.40. The minimum absolute atomic E-state index is 0.835. The molecule has 0 spiro atoms. The second-order valence-corrected chi connectivity index (χ2v) is 5.37. The van der Waals surface area contributed by atoms with Crippen LogP contribution in [-0.4, -0.2) is 24.0 Å². The van der Waals surface area contributed by atoms with Crippen molar-refractivity contribution < 1.29 is 0 Å². The lowest BCUT2D eigenvalue weighted by Crippen LogP contribution is -2.43. The largest absolute Gasteiger partial charge is 0.300 e.